The number of rotatable bonds is 8. The van der Waals surface area contributed by atoms with Crippen molar-refractivity contribution in [2.45, 2.75) is 17.4 Å². The molecule has 1 aliphatic heterocycles. The zero-order valence-corrected chi connectivity index (χ0v) is 20.9. The fourth-order valence-electron chi connectivity index (χ4n) is 3.63. The minimum absolute atomic E-state index is 0.0389. The second-order valence-corrected chi connectivity index (χ2v) is 10.8. The van der Waals surface area contributed by atoms with Crippen LogP contribution in [0.25, 0.3) is 5.76 Å². The van der Waals surface area contributed by atoms with Gasteiger partial charge in [-0.1, -0.05) is 28.1 Å². The predicted molar refractivity (Wildman–Crippen MR) is 127 cm³/mol. The summed E-state index contributed by atoms with van der Waals surface area (Å²) in [6.07, 6.45) is 0.522. The molecule has 1 aliphatic rings. The number of benzene rings is 2. The molecule has 1 atom stereocenters. The van der Waals surface area contributed by atoms with E-state index >= 15 is 0 Å². The summed E-state index contributed by atoms with van der Waals surface area (Å²) >= 11 is 3.38. The molecule has 1 saturated heterocycles. The Bertz CT molecular complexity index is 1170. The molecule has 0 aliphatic carbocycles. The number of ketones is 1. The van der Waals surface area contributed by atoms with Crippen molar-refractivity contribution < 1.29 is 27.9 Å². The fourth-order valence-corrected chi connectivity index (χ4v) is 4.80. The lowest BCUT2D eigenvalue weighted by Crippen LogP contribution is -2.31. The lowest BCUT2D eigenvalue weighted by atomic mass is 9.95. The molecule has 176 valence electrons. The highest BCUT2D eigenvalue weighted by Gasteiger charge is 2.45. The van der Waals surface area contributed by atoms with Gasteiger partial charge in [0.05, 0.1) is 16.5 Å². The lowest BCUT2D eigenvalue weighted by molar-refractivity contribution is -0.140. The van der Waals surface area contributed by atoms with Crippen molar-refractivity contribution in [2.24, 2.45) is 0 Å². The molecule has 1 fully saturated rings. The maximum absolute atomic E-state index is 13.0. The summed E-state index contributed by atoms with van der Waals surface area (Å²) in [4.78, 5) is 27.3. The molecule has 10 heteroatoms. The van der Waals surface area contributed by atoms with Crippen molar-refractivity contribution in [1.82, 2.24) is 9.21 Å². The fraction of sp³-hybridized carbons (Fsp3) is 0.304. The molecule has 33 heavy (non-hydrogen) atoms. The number of hydrogen-bond donors (Lipinski definition) is 1. The number of sulfonamides is 1. The van der Waals surface area contributed by atoms with Crippen LogP contribution in [0.2, 0.25) is 0 Å². The van der Waals surface area contributed by atoms with E-state index < -0.39 is 27.8 Å². The normalized spacial score (nSPS) is 18.3. The maximum atomic E-state index is 13.0. The first-order valence-electron chi connectivity index (χ1n) is 10.2. The number of aliphatic hydroxyl groups is 1. The number of carbonyl (C=O) groups excluding carboxylic acids is 2. The smallest absolute Gasteiger partial charge is 0.295 e. The van der Waals surface area contributed by atoms with E-state index in [1.54, 1.807) is 31.4 Å². The third-order valence-corrected chi connectivity index (χ3v) is 7.74. The number of hydrogen-bond acceptors (Lipinski definition) is 6. The van der Waals surface area contributed by atoms with E-state index in [1.807, 2.05) is 0 Å². The molecule has 0 saturated carbocycles. The Hall–Kier alpha value is -2.53. The van der Waals surface area contributed by atoms with E-state index in [1.165, 1.54) is 43.3 Å². The second kappa shape index (κ2) is 10.2. The minimum atomic E-state index is -3.65. The number of likely N-dealkylation sites (tertiary alicyclic amines) is 1. The van der Waals surface area contributed by atoms with Gasteiger partial charge < -0.3 is 14.7 Å². The van der Waals surface area contributed by atoms with Gasteiger partial charge in [0.1, 0.15) is 5.76 Å². The number of halogens is 1. The van der Waals surface area contributed by atoms with Gasteiger partial charge >= 0.3 is 0 Å². The van der Waals surface area contributed by atoms with Gasteiger partial charge in [-0.3, -0.25) is 9.59 Å². The first-order chi connectivity index (χ1) is 15.6. The van der Waals surface area contributed by atoms with Gasteiger partial charge in [0.15, 0.2) is 0 Å². The molecule has 3 rings (SSSR count). The number of carbonyl (C=O) groups is 2. The van der Waals surface area contributed by atoms with Gasteiger partial charge in [0.2, 0.25) is 10.0 Å². The van der Waals surface area contributed by atoms with Gasteiger partial charge in [-0.25, -0.2) is 12.7 Å². The van der Waals surface area contributed by atoms with Gasteiger partial charge in [-0.15, -0.1) is 0 Å². The average Bonchev–Trinajstić information content (AvgIpc) is 3.04. The Kier molecular flexibility index (Phi) is 7.73. The second-order valence-electron chi connectivity index (χ2n) is 7.70. The monoisotopic (exact) mass is 536 g/mol. The standard InChI is InChI=1S/C23H25BrN2O6S/c1-25(2)33(30,31)18-11-7-16(8-12-18)21(27)19-20(15-5-9-17(24)10-6-15)26(13-4-14-32-3)23(29)22(19)28/h5-12,20,27H,4,13-14H2,1-3H3/b21-19+/t20-/m0/s1. The molecular formula is C23H25BrN2O6S. The van der Waals surface area contributed by atoms with Gasteiger partial charge in [0, 0.05) is 44.4 Å². The number of ether oxygens (including phenoxy) is 1. The van der Waals surface area contributed by atoms with Crippen LogP contribution < -0.4 is 0 Å². The minimum Gasteiger partial charge on any atom is -0.507 e. The van der Waals surface area contributed by atoms with Gasteiger partial charge in [-0.2, -0.15) is 0 Å². The topological polar surface area (TPSA) is 104 Å². The van der Waals surface area contributed by atoms with Crippen molar-refractivity contribution in [3.05, 3.63) is 69.7 Å². The van der Waals surface area contributed by atoms with Crippen molar-refractivity contribution >= 4 is 43.4 Å². The third kappa shape index (κ3) is 5.03. The van der Waals surface area contributed by atoms with E-state index in [4.69, 9.17) is 4.74 Å². The van der Waals surface area contributed by atoms with Crippen LogP contribution in [0.3, 0.4) is 0 Å². The molecule has 0 radical (unpaired) electrons. The van der Waals surface area contributed by atoms with Crippen LogP contribution in [-0.2, 0) is 24.3 Å². The van der Waals surface area contributed by atoms with Crippen molar-refractivity contribution in [2.75, 3.05) is 34.4 Å². The SMILES string of the molecule is COCCCN1C(=O)C(=O)/C(=C(/O)c2ccc(S(=O)(=O)N(C)C)cc2)[C@@H]1c1ccc(Br)cc1. The molecule has 1 N–H and O–H groups in total. The van der Waals surface area contributed by atoms with Gasteiger partial charge in [-0.05, 0) is 48.4 Å². The summed E-state index contributed by atoms with van der Waals surface area (Å²) in [5.74, 6) is -1.85. The molecule has 0 spiro atoms. The molecule has 1 amide bonds. The van der Waals surface area contributed by atoms with E-state index in [-0.39, 0.29) is 28.3 Å². The zero-order chi connectivity index (χ0) is 24.3. The summed E-state index contributed by atoms with van der Waals surface area (Å²) in [6, 6.07) is 11.9. The van der Waals surface area contributed by atoms with Crippen molar-refractivity contribution in [1.29, 1.82) is 0 Å². The summed E-state index contributed by atoms with van der Waals surface area (Å²) < 4.78 is 31.7. The first kappa shape index (κ1) is 25.1. The van der Waals surface area contributed by atoms with Crippen LogP contribution in [0, 0.1) is 0 Å². The molecule has 2 aromatic rings. The number of Topliss-reactive ketones (excluding diaryl/α,β-unsaturated/α-hetero) is 1. The van der Waals surface area contributed by atoms with E-state index in [0.29, 0.717) is 18.6 Å². The highest BCUT2D eigenvalue weighted by molar-refractivity contribution is 9.10. The largest absolute Gasteiger partial charge is 0.507 e. The molecule has 0 aromatic heterocycles. The predicted octanol–water partition coefficient (Wildman–Crippen LogP) is 3.16. The molecule has 2 aromatic carbocycles. The molecule has 0 bridgehead atoms. The molecular weight excluding hydrogens is 512 g/mol. The van der Waals surface area contributed by atoms with Crippen LogP contribution in [-0.4, -0.2) is 68.8 Å². The Balaban J connectivity index is 2.09. The Morgan fingerprint density at radius 3 is 2.24 bits per heavy atom. The highest BCUT2D eigenvalue weighted by Crippen LogP contribution is 2.39. The first-order valence-corrected chi connectivity index (χ1v) is 12.4. The van der Waals surface area contributed by atoms with E-state index in [0.717, 1.165) is 8.78 Å². The highest BCUT2D eigenvalue weighted by atomic mass is 79.9. The summed E-state index contributed by atoms with van der Waals surface area (Å²) in [6.45, 7) is 0.688. The lowest BCUT2D eigenvalue weighted by Gasteiger charge is -2.25. The van der Waals surface area contributed by atoms with Gasteiger partial charge in [0.25, 0.3) is 11.7 Å². The quantitative estimate of drug-likeness (QED) is 0.240. The molecule has 1 heterocycles. The van der Waals surface area contributed by atoms with Crippen LogP contribution in [0.1, 0.15) is 23.6 Å². The zero-order valence-electron chi connectivity index (χ0n) is 18.5. The van der Waals surface area contributed by atoms with Crippen LogP contribution in [0.15, 0.2) is 63.5 Å². The molecule has 8 nitrogen and oxygen atoms in total. The number of aliphatic hydroxyl groups excluding tert-OH is 1. The number of nitrogens with zero attached hydrogens (tertiary/aromatic N) is 2. The summed E-state index contributed by atoms with van der Waals surface area (Å²) in [7, 11) is 0.755. The Morgan fingerprint density at radius 2 is 1.70 bits per heavy atom. The summed E-state index contributed by atoms with van der Waals surface area (Å²) in [5.41, 5.74) is 0.871. The van der Waals surface area contributed by atoms with E-state index in [2.05, 4.69) is 15.9 Å². The number of methoxy groups -OCH3 is 1. The number of amides is 1. The molecule has 0 unspecified atom stereocenters. The Labute approximate surface area is 201 Å². The maximum Gasteiger partial charge on any atom is 0.295 e. The van der Waals surface area contributed by atoms with Crippen molar-refractivity contribution in [3.63, 3.8) is 0 Å². The van der Waals surface area contributed by atoms with Crippen LogP contribution in [0.5, 0.6) is 0 Å². The van der Waals surface area contributed by atoms with Crippen LogP contribution in [0.4, 0.5) is 0 Å². The van der Waals surface area contributed by atoms with E-state index in [9.17, 15) is 23.1 Å². The van der Waals surface area contributed by atoms with Crippen LogP contribution >= 0.6 is 15.9 Å². The average molecular weight is 537 g/mol. The Morgan fingerprint density at radius 1 is 1.09 bits per heavy atom. The third-order valence-electron chi connectivity index (χ3n) is 5.38. The summed E-state index contributed by atoms with van der Waals surface area (Å²) in [5, 5.41) is 11.1. The van der Waals surface area contributed by atoms with Crippen molar-refractivity contribution in [3.8, 4) is 0 Å².